The number of hydrogen-bond acceptors (Lipinski definition) is 2. The maximum absolute atomic E-state index is 11.5. The van der Waals surface area contributed by atoms with Crippen molar-refractivity contribution in [3.05, 3.63) is 33.9 Å². The number of carbonyl (C=O) groups is 1. The number of carbonyl (C=O) groups excluding carboxylic acids is 1. The normalized spacial score (nSPS) is 10.3. The van der Waals surface area contributed by atoms with Gasteiger partial charge < -0.3 is 4.74 Å². The van der Waals surface area contributed by atoms with Crippen LogP contribution < -0.4 is 0 Å². The zero-order valence-corrected chi connectivity index (χ0v) is 10.8. The molecule has 0 heterocycles. The molecule has 0 fully saturated rings. The predicted molar refractivity (Wildman–Crippen MR) is 65.7 cm³/mol. The molecule has 0 aliphatic heterocycles. The van der Waals surface area contributed by atoms with Gasteiger partial charge >= 0.3 is 5.97 Å². The van der Waals surface area contributed by atoms with Gasteiger partial charge in [0.1, 0.15) is 0 Å². The highest BCUT2D eigenvalue weighted by molar-refractivity contribution is 5.74. The van der Waals surface area contributed by atoms with Crippen molar-refractivity contribution < 1.29 is 9.53 Å². The molecule has 0 aliphatic rings. The van der Waals surface area contributed by atoms with Gasteiger partial charge in [0.25, 0.3) is 0 Å². The van der Waals surface area contributed by atoms with E-state index in [4.69, 9.17) is 4.74 Å². The summed E-state index contributed by atoms with van der Waals surface area (Å²) in [6.07, 6.45) is 0.383. The minimum Gasteiger partial charge on any atom is -0.466 e. The van der Waals surface area contributed by atoms with Gasteiger partial charge in [0.2, 0.25) is 0 Å². The van der Waals surface area contributed by atoms with E-state index < -0.39 is 0 Å². The highest BCUT2D eigenvalue weighted by atomic mass is 16.5. The lowest BCUT2D eigenvalue weighted by Crippen LogP contribution is -2.11. The molecule has 1 aromatic rings. The highest BCUT2D eigenvalue weighted by Crippen LogP contribution is 2.22. The van der Waals surface area contributed by atoms with Gasteiger partial charge in [-0.25, -0.2) is 0 Å². The van der Waals surface area contributed by atoms with E-state index in [0.29, 0.717) is 13.0 Å². The Hall–Kier alpha value is -1.31. The van der Waals surface area contributed by atoms with Crippen LogP contribution in [0.5, 0.6) is 0 Å². The van der Waals surface area contributed by atoms with E-state index in [-0.39, 0.29) is 5.97 Å². The van der Waals surface area contributed by atoms with Crippen molar-refractivity contribution in [2.24, 2.45) is 0 Å². The fraction of sp³-hybridized carbons (Fsp3) is 0.500. The van der Waals surface area contributed by atoms with Crippen LogP contribution in [0.4, 0.5) is 0 Å². The van der Waals surface area contributed by atoms with Crippen LogP contribution in [0.1, 0.15) is 34.7 Å². The molecule has 0 saturated heterocycles. The van der Waals surface area contributed by atoms with E-state index in [9.17, 15) is 4.79 Å². The van der Waals surface area contributed by atoms with Crippen molar-refractivity contribution in [3.8, 4) is 0 Å². The molecular formula is C14H20O2. The van der Waals surface area contributed by atoms with Gasteiger partial charge in [0, 0.05) is 0 Å². The number of rotatable bonds is 3. The first-order valence-corrected chi connectivity index (χ1v) is 5.69. The standard InChI is InChI=1S/C14H20O2/c1-6-16-14(15)8-13-11(4)9(2)7-10(3)12(13)5/h7H,6,8H2,1-5H3. The van der Waals surface area contributed by atoms with Crippen molar-refractivity contribution in [1.82, 2.24) is 0 Å². The summed E-state index contributed by atoms with van der Waals surface area (Å²) in [7, 11) is 0. The second-order valence-corrected chi connectivity index (χ2v) is 4.22. The van der Waals surface area contributed by atoms with E-state index in [2.05, 4.69) is 33.8 Å². The Labute approximate surface area is 97.6 Å². The number of aryl methyl sites for hydroxylation is 2. The van der Waals surface area contributed by atoms with E-state index in [1.54, 1.807) is 0 Å². The molecule has 0 radical (unpaired) electrons. The molecule has 0 N–H and O–H groups in total. The largest absolute Gasteiger partial charge is 0.466 e. The third-order valence-electron chi connectivity index (χ3n) is 3.15. The van der Waals surface area contributed by atoms with Crippen molar-refractivity contribution >= 4 is 5.97 Å². The van der Waals surface area contributed by atoms with E-state index in [0.717, 1.165) is 5.56 Å². The van der Waals surface area contributed by atoms with Gasteiger partial charge in [-0.3, -0.25) is 4.79 Å². The number of esters is 1. The monoisotopic (exact) mass is 220 g/mol. The van der Waals surface area contributed by atoms with Crippen LogP contribution in [0.3, 0.4) is 0 Å². The van der Waals surface area contributed by atoms with Crippen molar-refractivity contribution in [2.75, 3.05) is 6.61 Å². The summed E-state index contributed by atoms with van der Waals surface area (Å²) in [6.45, 7) is 10.6. The summed E-state index contributed by atoms with van der Waals surface area (Å²) in [5, 5.41) is 0. The van der Waals surface area contributed by atoms with Gasteiger partial charge in [0.15, 0.2) is 0 Å². The average Bonchev–Trinajstić information content (AvgIpc) is 2.22. The number of ether oxygens (including phenoxy) is 1. The number of benzene rings is 1. The Balaban J connectivity index is 3.07. The Kier molecular flexibility index (Phi) is 4.11. The highest BCUT2D eigenvalue weighted by Gasteiger charge is 2.12. The van der Waals surface area contributed by atoms with Crippen LogP contribution in [0.25, 0.3) is 0 Å². The second kappa shape index (κ2) is 5.15. The van der Waals surface area contributed by atoms with Crippen LogP contribution in [0.2, 0.25) is 0 Å². The van der Waals surface area contributed by atoms with Crippen molar-refractivity contribution in [3.63, 3.8) is 0 Å². The summed E-state index contributed by atoms with van der Waals surface area (Å²) >= 11 is 0. The molecule has 2 heteroatoms. The molecule has 0 saturated carbocycles. The van der Waals surface area contributed by atoms with Crippen LogP contribution in [0.15, 0.2) is 6.07 Å². The zero-order valence-electron chi connectivity index (χ0n) is 10.8. The number of hydrogen-bond donors (Lipinski definition) is 0. The first-order valence-electron chi connectivity index (χ1n) is 5.69. The van der Waals surface area contributed by atoms with Crippen LogP contribution in [0, 0.1) is 27.7 Å². The molecule has 1 rings (SSSR count). The molecule has 0 amide bonds. The van der Waals surface area contributed by atoms with Gasteiger partial charge in [0.05, 0.1) is 13.0 Å². The minimum atomic E-state index is -0.140. The zero-order chi connectivity index (χ0) is 12.3. The quantitative estimate of drug-likeness (QED) is 0.732. The van der Waals surface area contributed by atoms with E-state index in [1.807, 2.05) is 6.92 Å². The topological polar surface area (TPSA) is 26.3 Å². The second-order valence-electron chi connectivity index (χ2n) is 4.22. The molecule has 0 atom stereocenters. The average molecular weight is 220 g/mol. The lowest BCUT2D eigenvalue weighted by atomic mass is 9.92. The maximum atomic E-state index is 11.5. The SMILES string of the molecule is CCOC(=O)Cc1c(C)c(C)cc(C)c1C. The summed E-state index contributed by atoms with van der Waals surface area (Å²) < 4.78 is 5.00. The molecule has 0 unspecified atom stereocenters. The third-order valence-corrected chi connectivity index (χ3v) is 3.15. The molecule has 0 bridgehead atoms. The fourth-order valence-electron chi connectivity index (χ4n) is 1.92. The Morgan fingerprint density at radius 1 is 1.12 bits per heavy atom. The molecule has 0 spiro atoms. The Bertz CT molecular complexity index is 379. The molecule has 0 aliphatic carbocycles. The van der Waals surface area contributed by atoms with Crippen molar-refractivity contribution in [1.29, 1.82) is 0 Å². The molecule has 16 heavy (non-hydrogen) atoms. The molecule has 88 valence electrons. The van der Waals surface area contributed by atoms with Crippen LogP contribution >= 0.6 is 0 Å². The fourth-order valence-corrected chi connectivity index (χ4v) is 1.92. The third kappa shape index (κ3) is 2.63. The lowest BCUT2D eigenvalue weighted by Gasteiger charge is -2.14. The predicted octanol–water partition coefficient (Wildman–Crippen LogP) is 3.03. The molecule has 1 aromatic carbocycles. The minimum absolute atomic E-state index is 0.140. The van der Waals surface area contributed by atoms with Crippen molar-refractivity contribution in [2.45, 2.75) is 41.0 Å². The first-order chi connectivity index (χ1) is 7.47. The van der Waals surface area contributed by atoms with Crippen LogP contribution in [-0.4, -0.2) is 12.6 Å². The molecule has 0 aromatic heterocycles. The first kappa shape index (κ1) is 12.8. The molecule has 2 nitrogen and oxygen atoms in total. The Morgan fingerprint density at radius 3 is 2.06 bits per heavy atom. The summed E-state index contributed by atoms with van der Waals surface area (Å²) in [6, 6.07) is 2.17. The Morgan fingerprint density at radius 2 is 1.62 bits per heavy atom. The van der Waals surface area contributed by atoms with Gasteiger partial charge in [-0.1, -0.05) is 6.07 Å². The van der Waals surface area contributed by atoms with Gasteiger partial charge in [-0.2, -0.15) is 0 Å². The van der Waals surface area contributed by atoms with Gasteiger partial charge in [-0.05, 0) is 62.4 Å². The molecular weight excluding hydrogens is 200 g/mol. The van der Waals surface area contributed by atoms with E-state index in [1.165, 1.54) is 22.3 Å². The summed E-state index contributed by atoms with van der Waals surface area (Å²) in [5.74, 6) is -0.140. The van der Waals surface area contributed by atoms with Gasteiger partial charge in [-0.15, -0.1) is 0 Å². The van der Waals surface area contributed by atoms with E-state index >= 15 is 0 Å². The maximum Gasteiger partial charge on any atom is 0.310 e. The summed E-state index contributed by atoms with van der Waals surface area (Å²) in [4.78, 5) is 11.5. The lowest BCUT2D eigenvalue weighted by molar-refractivity contribution is -0.142. The summed E-state index contributed by atoms with van der Waals surface area (Å²) in [5.41, 5.74) is 6.01. The van der Waals surface area contributed by atoms with Crippen LogP contribution in [-0.2, 0) is 16.0 Å². The smallest absolute Gasteiger partial charge is 0.310 e.